The number of nitrogens with zero attached hydrogens (tertiary/aromatic N) is 2. The quantitative estimate of drug-likeness (QED) is 0.849. The largest absolute Gasteiger partial charge is 0.316 e. The van der Waals surface area contributed by atoms with Gasteiger partial charge in [0.25, 0.3) is 0 Å². The minimum atomic E-state index is -0.172. The third-order valence-corrected chi connectivity index (χ3v) is 3.81. The molecule has 0 saturated heterocycles. The van der Waals surface area contributed by atoms with Crippen LogP contribution >= 0.6 is 0 Å². The van der Waals surface area contributed by atoms with Crippen molar-refractivity contribution >= 4 is 0 Å². The molecular formula is C17H24FN3. The van der Waals surface area contributed by atoms with Gasteiger partial charge in [0.1, 0.15) is 5.82 Å². The highest BCUT2D eigenvalue weighted by Gasteiger charge is 2.13. The summed E-state index contributed by atoms with van der Waals surface area (Å²) in [5, 5.41) is 7.92. The van der Waals surface area contributed by atoms with E-state index in [1.165, 1.54) is 11.8 Å². The molecule has 3 nitrogen and oxygen atoms in total. The van der Waals surface area contributed by atoms with Crippen molar-refractivity contribution in [2.75, 3.05) is 7.05 Å². The molecule has 1 heterocycles. The average molecular weight is 289 g/mol. The standard InChI is InChI=1S/C17H24FN3/c1-4-15-11-17(21(5-2)20-15)12-16(19-3)10-13-7-6-8-14(18)9-13/h6-9,11,16,19H,4-5,10,12H2,1-3H3. The topological polar surface area (TPSA) is 29.9 Å². The number of aryl methyl sites for hydroxylation is 2. The highest BCUT2D eigenvalue weighted by Crippen LogP contribution is 2.12. The van der Waals surface area contributed by atoms with Gasteiger partial charge < -0.3 is 5.32 Å². The van der Waals surface area contributed by atoms with Crippen LogP contribution in [0.1, 0.15) is 30.8 Å². The van der Waals surface area contributed by atoms with Crippen molar-refractivity contribution in [1.29, 1.82) is 0 Å². The lowest BCUT2D eigenvalue weighted by Crippen LogP contribution is -2.30. The number of hydrogen-bond donors (Lipinski definition) is 1. The molecule has 0 aliphatic heterocycles. The number of rotatable bonds is 7. The summed E-state index contributed by atoms with van der Waals surface area (Å²) in [6.45, 7) is 5.11. The Kier molecular flexibility index (Phi) is 5.51. The molecular weight excluding hydrogens is 265 g/mol. The van der Waals surface area contributed by atoms with E-state index < -0.39 is 0 Å². The first-order chi connectivity index (χ1) is 10.2. The van der Waals surface area contributed by atoms with Crippen LogP contribution in [0.5, 0.6) is 0 Å². The van der Waals surface area contributed by atoms with Crippen LogP contribution in [0, 0.1) is 5.82 Å². The predicted molar refractivity (Wildman–Crippen MR) is 83.9 cm³/mol. The molecule has 0 saturated carbocycles. The summed E-state index contributed by atoms with van der Waals surface area (Å²) in [5.41, 5.74) is 3.39. The van der Waals surface area contributed by atoms with Crippen LogP contribution in [0.2, 0.25) is 0 Å². The maximum atomic E-state index is 13.3. The molecule has 0 aliphatic carbocycles. The summed E-state index contributed by atoms with van der Waals surface area (Å²) in [6.07, 6.45) is 2.66. The number of hydrogen-bond acceptors (Lipinski definition) is 2. The van der Waals surface area contributed by atoms with Crippen LogP contribution in [0.4, 0.5) is 4.39 Å². The molecule has 2 rings (SSSR count). The van der Waals surface area contributed by atoms with E-state index in [1.807, 2.05) is 13.1 Å². The molecule has 4 heteroatoms. The van der Waals surface area contributed by atoms with E-state index in [0.29, 0.717) is 0 Å². The van der Waals surface area contributed by atoms with Gasteiger partial charge in [0.05, 0.1) is 5.69 Å². The molecule has 0 spiro atoms. The smallest absolute Gasteiger partial charge is 0.123 e. The first kappa shape index (κ1) is 15.7. The summed E-state index contributed by atoms with van der Waals surface area (Å²) in [7, 11) is 1.96. The molecule has 2 aromatic rings. The van der Waals surface area contributed by atoms with Crippen LogP contribution in [-0.2, 0) is 25.8 Å². The molecule has 0 fully saturated rings. The number of benzene rings is 1. The van der Waals surface area contributed by atoms with Gasteiger partial charge in [0.2, 0.25) is 0 Å². The van der Waals surface area contributed by atoms with Crippen LogP contribution in [0.15, 0.2) is 30.3 Å². The van der Waals surface area contributed by atoms with E-state index in [9.17, 15) is 4.39 Å². The van der Waals surface area contributed by atoms with E-state index >= 15 is 0 Å². The number of halogens is 1. The van der Waals surface area contributed by atoms with Crippen molar-refractivity contribution in [2.45, 2.75) is 45.7 Å². The maximum Gasteiger partial charge on any atom is 0.123 e. The lowest BCUT2D eigenvalue weighted by molar-refractivity contribution is 0.518. The second-order valence-electron chi connectivity index (χ2n) is 5.32. The summed E-state index contributed by atoms with van der Waals surface area (Å²) in [4.78, 5) is 0. The van der Waals surface area contributed by atoms with E-state index in [-0.39, 0.29) is 11.9 Å². The highest BCUT2D eigenvalue weighted by molar-refractivity contribution is 5.19. The summed E-state index contributed by atoms with van der Waals surface area (Å²) in [5.74, 6) is -0.172. The fourth-order valence-electron chi connectivity index (χ4n) is 2.60. The van der Waals surface area contributed by atoms with Crippen molar-refractivity contribution < 1.29 is 4.39 Å². The van der Waals surface area contributed by atoms with Gasteiger partial charge in [-0.3, -0.25) is 4.68 Å². The van der Waals surface area contributed by atoms with Gasteiger partial charge in [-0.15, -0.1) is 0 Å². The van der Waals surface area contributed by atoms with Gasteiger partial charge in [0.15, 0.2) is 0 Å². The molecule has 1 atom stereocenters. The van der Waals surface area contributed by atoms with E-state index in [2.05, 4.69) is 35.0 Å². The molecule has 0 amide bonds. The maximum absolute atomic E-state index is 13.3. The Bertz CT molecular complexity index is 577. The zero-order chi connectivity index (χ0) is 15.2. The molecule has 0 aliphatic rings. The average Bonchev–Trinajstić information content (AvgIpc) is 2.88. The van der Waals surface area contributed by atoms with Crippen LogP contribution in [0.25, 0.3) is 0 Å². The summed E-state index contributed by atoms with van der Waals surface area (Å²) < 4.78 is 15.3. The van der Waals surface area contributed by atoms with Crippen molar-refractivity contribution in [3.8, 4) is 0 Å². The molecule has 114 valence electrons. The van der Waals surface area contributed by atoms with E-state index in [0.717, 1.165) is 37.1 Å². The normalized spacial score (nSPS) is 12.6. The fraction of sp³-hybridized carbons (Fsp3) is 0.471. The molecule has 0 bridgehead atoms. The number of likely N-dealkylation sites (N-methyl/N-ethyl adjacent to an activating group) is 1. The lowest BCUT2D eigenvalue weighted by atomic mass is 10.0. The Hall–Kier alpha value is -1.68. The monoisotopic (exact) mass is 289 g/mol. The third kappa shape index (κ3) is 4.14. The molecule has 1 aromatic heterocycles. The van der Waals surface area contributed by atoms with Gasteiger partial charge in [0, 0.05) is 24.7 Å². The SMILES string of the molecule is CCc1cc(CC(Cc2cccc(F)c2)NC)n(CC)n1. The highest BCUT2D eigenvalue weighted by atomic mass is 19.1. The molecule has 1 N–H and O–H groups in total. The van der Waals surface area contributed by atoms with Crippen LogP contribution in [0.3, 0.4) is 0 Å². The van der Waals surface area contributed by atoms with Gasteiger partial charge in [-0.05, 0) is 50.6 Å². The summed E-state index contributed by atoms with van der Waals surface area (Å²) >= 11 is 0. The van der Waals surface area contributed by atoms with Crippen molar-refractivity contribution in [1.82, 2.24) is 15.1 Å². The van der Waals surface area contributed by atoms with Crippen molar-refractivity contribution in [2.24, 2.45) is 0 Å². The first-order valence-electron chi connectivity index (χ1n) is 7.63. The van der Waals surface area contributed by atoms with Crippen LogP contribution in [-0.4, -0.2) is 22.9 Å². The van der Waals surface area contributed by atoms with Gasteiger partial charge in [-0.1, -0.05) is 19.1 Å². The zero-order valence-corrected chi connectivity index (χ0v) is 13.1. The Balaban J connectivity index is 2.10. The molecule has 21 heavy (non-hydrogen) atoms. The van der Waals surface area contributed by atoms with Crippen molar-refractivity contribution in [3.63, 3.8) is 0 Å². The van der Waals surface area contributed by atoms with Gasteiger partial charge in [-0.2, -0.15) is 5.10 Å². The van der Waals surface area contributed by atoms with Crippen LogP contribution < -0.4 is 5.32 Å². The minimum absolute atomic E-state index is 0.172. The van der Waals surface area contributed by atoms with Crippen molar-refractivity contribution in [3.05, 3.63) is 53.1 Å². The van der Waals surface area contributed by atoms with Gasteiger partial charge in [-0.25, -0.2) is 4.39 Å². The number of nitrogens with one attached hydrogen (secondary N) is 1. The Morgan fingerprint density at radius 2 is 2.05 bits per heavy atom. The minimum Gasteiger partial charge on any atom is -0.316 e. The predicted octanol–water partition coefficient (Wildman–Crippen LogP) is 2.98. The lowest BCUT2D eigenvalue weighted by Gasteiger charge is -2.17. The van der Waals surface area contributed by atoms with E-state index in [4.69, 9.17) is 0 Å². The number of aromatic nitrogens is 2. The third-order valence-electron chi connectivity index (χ3n) is 3.81. The molecule has 0 radical (unpaired) electrons. The van der Waals surface area contributed by atoms with Gasteiger partial charge >= 0.3 is 0 Å². The molecule has 1 unspecified atom stereocenters. The fourth-order valence-corrected chi connectivity index (χ4v) is 2.60. The first-order valence-corrected chi connectivity index (χ1v) is 7.63. The molecule has 1 aromatic carbocycles. The second kappa shape index (κ2) is 7.36. The summed E-state index contributed by atoms with van der Waals surface area (Å²) in [6, 6.07) is 9.29. The second-order valence-corrected chi connectivity index (χ2v) is 5.32. The zero-order valence-electron chi connectivity index (χ0n) is 13.1. The Morgan fingerprint density at radius 1 is 1.24 bits per heavy atom. The Labute approximate surface area is 126 Å². The van der Waals surface area contributed by atoms with E-state index in [1.54, 1.807) is 12.1 Å². The Morgan fingerprint density at radius 3 is 2.67 bits per heavy atom.